The van der Waals surface area contributed by atoms with Gasteiger partial charge < -0.3 is 10.6 Å². The summed E-state index contributed by atoms with van der Waals surface area (Å²) in [6, 6.07) is 7.09. The first kappa shape index (κ1) is 12.4. The highest BCUT2D eigenvalue weighted by molar-refractivity contribution is 6.30. The summed E-state index contributed by atoms with van der Waals surface area (Å²) in [6.45, 7) is 0.960. The van der Waals surface area contributed by atoms with Crippen LogP contribution in [0.3, 0.4) is 0 Å². The van der Waals surface area contributed by atoms with Crippen molar-refractivity contribution in [3.05, 3.63) is 34.9 Å². The maximum atomic E-state index is 11.2. The summed E-state index contributed by atoms with van der Waals surface area (Å²) >= 11 is 5.74. The number of amides is 2. The lowest BCUT2D eigenvalue weighted by molar-refractivity contribution is 0.241. The molecule has 3 nitrogen and oxygen atoms in total. The van der Waals surface area contributed by atoms with Crippen molar-refractivity contribution >= 4 is 17.6 Å². The minimum Gasteiger partial charge on any atom is -0.337 e. The van der Waals surface area contributed by atoms with Crippen molar-refractivity contribution in [2.24, 2.45) is 0 Å². The molecule has 0 unspecified atom stereocenters. The van der Waals surface area contributed by atoms with Crippen LogP contribution in [-0.4, -0.2) is 12.6 Å². The Kier molecular flexibility index (Phi) is 5.24. The molecule has 0 radical (unpaired) electrons. The first-order valence-electron chi connectivity index (χ1n) is 4.92. The third-order valence-corrected chi connectivity index (χ3v) is 2.17. The van der Waals surface area contributed by atoms with E-state index in [-0.39, 0.29) is 6.03 Å². The van der Waals surface area contributed by atoms with Gasteiger partial charge in [0.1, 0.15) is 0 Å². The number of hydrogen-bond acceptors (Lipinski definition) is 1. The highest BCUT2D eigenvalue weighted by atomic mass is 35.5. The summed E-state index contributed by atoms with van der Waals surface area (Å²) in [6.07, 6.45) is 5.60. The number of hydrogen-bond donors (Lipinski definition) is 2. The maximum Gasteiger partial charge on any atom is 0.315 e. The van der Waals surface area contributed by atoms with Gasteiger partial charge in [0, 0.05) is 24.5 Å². The molecule has 4 heteroatoms. The molecule has 2 amide bonds. The fourth-order valence-electron chi connectivity index (χ4n) is 1.10. The van der Waals surface area contributed by atoms with Crippen molar-refractivity contribution in [2.45, 2.75) is 13.0 Å². The van der Waals surface area contributed by atoms with Crippen LogP contribution in [0.5, 0.6) is 0 Å². The molecule has 0 saturated heterocycles. The Morgan fingerprint density at radius 1 is 1.31 bits per heavy atom. The van der Waals surface area contributed by atoms with E-state index >= 15 is 0 Å². The fraction of sp³-hybridized carbons (Fsp3) is 0.250. The lowest BCUT2D eigenvalue weighted by Crippen LogP contribution is -2.35. The predicted octanol–water partition coefficient (Wildman–Crippen LogP) is 2.16. The summed E-state index contributed by atoms with van der Waals surface area (Å²) in [4.78, 5) is 11.2. The van der Waals surface area contributed by atoms with Gasteiger partial charge >= 0.3 is 6.03 Å². The van der Waals surface area contributed by atoms with Gasteiger partial charge in [0.05, 0.1) is 0 Å². The van der Waals surface area contributed by atoms with Crippen molar-refractivity contribution in [2.75, 3.05) is 6.54 Å². The Morgan fingerprint density at radius 2 is 2.00 bits per heavy atom. The second-order valence-electron chi connectivity index (χ2n) is 3.19. The Bertz CT molecular complexity index is 381. The van der Waals surface area contributed by atoms with E-state index in [4.69, 9.17) is 18.0 Å². The van der Waals surface area contributed by atoms with E-state index in [2.05, 4.69) is 16.6 Å². The Labute approximate surface area is 100 Å². The molecular formula is C12H13ClN2O. The van der Waals surface area contributed by atoms with Crippen molar-refractivity contribution < 1.29 is 4.79 Å². The lowest BCUT2D eigenvalue weighted by atomic mass is 10.2. The van der Waals surface area contributed by atoms with Crippen LogP contribution in [0.25, 0.3) is 0 Å². The number of terminal acetylenes is 1. The molecule has 0 heterocycles. The SMILES string of the molecule is C#CCCNC(=O)NCc1ccc(Cl)cc1. The van der Waals surface area contributed by atoms with E-state index in [0.717, 1.165) is 5.56 Å². The minimum absolute atomic E-state index is 0.217. The zero-order valence-corrected chi connectivity index (χ0v) is 9.55. The zero-order valence-electron chi connectivity index (χ0n) is 8.79. The monoisotopic (exact) mass is 236 g/mol. The van der Waals surface area contributed by atoms with Crippen molar-refractivity contribution in [1.29, 1.82) is 0 Å². The van der Waals surface area contributed by atoms with Gasteiger partial charge in [0.2, 0.25) is 0 Å². The minimum atomic E-state index is -0.217. The second-order valence-corrected chi connectivity index (χ2v) is 3.63. The van der Waals surface area contributed by atoms with Crippen LogP contribution in [0.2, 0.25) is 5.02 Å². The molecule has 1 aromatic rings. The van der Waals surface area contributed by atoms with Gasteiger partial charge in [-0.1, -0.05) is 23.7 Å². The maximum absolute atomic E-state index is 11.2. The molecule has 0 spiro atoms. The van der Waals surface area contributed by atoms with Crippen LogP contribution in [0, 0.1) is 12.3 Å². The van der Waals surface area contributed by atoms with Crippen LogP contribution in [0.15, 0.2) is 24.3 Å². The topological polar surface area (TPSA) is 41.1 Å². The number of benzene rings is 1. The highest BCUT2D eigenvalue weighted by Crippen LogP contribution is 2.08. The van der Waals surface area contributed by atoms with Crippen LogP contribution >= 0.6 is 11.6 Å². The predicted molar refractivity (Wildman–Crippen MR) is 65.1 cm³/mol. The molecule has 0 aliphatic rings. The lowest BCUT2D eigenvalue weighted by Gasteiger charge is -2.06. The normalized spacial score (nSPS) is 9.25. The molecule has 0 aromatic heterocycles. The fourth-order valence-corrected chi connectivity index (χ4v) is 1.22. The van der Waals surface area contributed by atoms with E-state index in [1.165, 1.54) is 0 Å². The van der Waals surface area contributed by atoms with Gasteiger partial charge in [-0.05, 0) is 17.7 Å². The molecule has 1 rings (SSSR count). The summed E-state index contributed by atoms with van der Waals surface area (Å²) in [7, 11) is 0. The van der Waals surface area contributed by atoms with Crippen molar-refractivity contribution in [1.82, 2.24) is 10.6 Å². The number of carbonyl (C=O) groups is 1. The molecule has 84 valence electrons. The summed E-state index contributed by atoms with van der Waals surface area (Å²) < 4.78 is 0. The van der Waals surface area contributed by atoms with Gasteiger partial charge in [0.15, 0.2) is 0 Å². The van der Waals surface area contributed by atoms with Crippen LogP contribution in [-0.2, 0) is 6.54 Å². The molecule has 0 aliphatic heterocycles. The quantitative estimate of drug-likeness (QED) is 0.611. The Balaban J connectivity index is 2.26. The Hall–Kier alpha value is -1.66. The van der Waals surface area contributed by atoms with Crippen LogP contribution in [0.1, 0.15) is 12.0 Å². The molecule has 0 fully saturated rings. The van der Waals surface area contributed by atoms with E-state index in [9.17, 15) is 4.79 Å². The number of carbonyl (C=O) groups excluding carboxylic acids is 1. The third-order valence-electron chi connectivity index (χ3n) is 1.92. The van der Waals surface area contributed by atoms with E-state index < -0.39 is 0 Å². The molecule has 2 N–H and O–H groups in total. The number of urea groups is 1. The molecule has 0 saturated carbocycles. The number of rotatable bonds is 4. The van der Waals surface area contributed by atoms with Crippen molar-refractivity contribution in [3.63, 3.8) is 0 Å². The van der Waals surface area contributed by atoms with Gasteiger partial charge in [0.25, 0.3) is 0 Å². The van der Waals surface area contributed by atoms with Crippen molar-refractivity contribution in [3.8, 4) is 12.3 Å². The molecular weight excluding hydrogens is 224 g/mol. The molecule has 16 heavy (non-hydrogen) atoms. The first-order chi connectivity index (χ1) is 7.72. The number of halogens is 1. The Morgan fingerprint density at radius 3 is 2.62 bits per heavy atom. The largest absolute Gasteiger partial charge is 0.337 e. The summed E-state index contributed by atoms with van der Waals surface area (Å²) in [5, 5.41) is 6.04. The average molecular weight is 237 g/mol. The van der Waals surface area contributed by atoms with Gasteiger partial charge in [-0.3, -0.25) is 0 Å². The van der Waals surface area contributed by atoms with Crippen LogP contribution in [0.4, 0.5) is 4.79 Å². The van der Waals surface area contributed by atoms with Gasteiger partial charge in [-0.15, -0.1) is 12.3 Å². The molecule has 1 aromatic carbocycles. The summed E-state index contributed by atoms with van der Waals surface area (Å²) in [5.41, 5.74) is 0.997. The van der Waals surface area contributed by atoms with E-state index in [1.807, 2.05) is 12.1 Å². The zero-order chi connectivity index (χ0) is 11.8. The van der Waals surface area contributed by atoms with E-state index in [0.29, 0.717) is 24.5 Å². The summed E-state index contributed by atoms with van der Waals surface area (Å²) in [5.74, 6) is 2.45. The average Bonchev–Trinajstić information content (AvgIpc) is 2.29. The van der Waals surface area contributed by atoms with Crippen LogP contribution < -0.4 is 10.6 Å². The van der Waals surface area contributed by atoms with Gasteiger partial charge in [-0.25, -0.2) is 4.79 Å². The highest BCUT2D eigenvalue weighted by Gasteiger charge is 1.98. The second kappa shape index (κ2) is 6.76. The smallest absolute Gasteiger partial charge is 0.315 e. The number of nitrogens with one attached hydrogen (secondary N) is 2. The molecule has 0 atom stereocenters. The first-order valence-corrected chi connectivity index (χ1v) is 5.30. The van der Waals surface area contributed by atoms with Gasteiger partial charge in [-0.2, -0.15) is 0 Å². The molecule has 0 bridgehead atoms. The standard InChI is InChI=1S/C12H13ClN2O/c1-2-3-8-14-12(16)15-9-10-4-6-11(13)7-5-10/h1,4-7H,3,8-9H2,(H2,14,15,16). The molecule has 0 aliphatic carbocycles. The van der Waals surface area contributed by atoms with E-state index in [1.54, 1.807) is 12.1 Å². The third kappa shape index (κ3) is 4.72.